The molecule has 13 nitrogen and oxygen atoms in total. The van der Waals surface area contributed by atoms with E-state index < -0.39 is 55.5 Å². The first kappa shape index (κ1) is 47.0. The minimum atomic E-state index is -1.78. The van der Waals surface area contributed by atoms with Gasteiger partial charge < -0.3 is 32.7 Å². The van der Waals surface area contributed by atoms with E-state index in [9.17, 15) is 14.9 Å². The molecule has 1 aromatic heterocycles. The quantitative estimate of drug-likeness (QED) is 0.0729. The lowest BCUT2D eigenvalue weighted by Crippen LogP contribution is -2.51. The molecule has 70 heavy (non-hydrogen) atoms. The summed E-state index contributed by atoms with van der Waals surface area (Å²) in [5.74, 6) is 2.34. The van der Waals surface area contributed by atoms with Gasteiger partial charge in [-0.25, -0.2) is 9.46 Å². The lowest BCUT2D eigenvalue weighted by atomic mass is 9.77. The lowest BCUT2D eigenvalue weighted by Gasteiger charge is -2.46. The van der Waals surface area contributed by atoms with Gasteiger partial charge in [-0.3, -0.25) is 14.3 Å². The molecule has 6 aromatic carbocycles. The molecule has 1 fully saturated rings. The predicted octanol–water partition coefficient (Wildman–Crippen LogP) is 10.7. The van der Waals surface area contributed by atoms with Gasteiger partial charge in [0.05, 0.1) is 25.7 Å². The van der Waals surface area contributed by atoms with Crippen molar-refractivity contribution in [1.29, 1.82) is 5.26 Å². The van der Waals surface area contributed by atoms with Gasteiger partial charge in [-0.15, -0.1) is 0 Å². The maximum absolute atomic E-state index is 14.3. The first-order chi connectivity index (χ1) is 34.1. The Morgan fingerprint density at radius 1 is 0.629 bits per heavy atom. The van der Waals surface area contributed by atoms with Gasteiger partial charge in [0.1, 0.15) is 41.3 Å². The Hall–Kier alpha value is -6.72. The largest absolute Gasteiger partial charge is 0.457 e. The summed E-state index contributed by atoms with van der Waals surface area (Å²) < 4.78 is 53.6. The van der Waals surface area contributed by atoms with Crippen LogP contribution in [-0.2, 0) is 34.5 Å². The fourth-order valence-electron chi connectivity index (χ4n) is 10.1. The third-order valence-electron chi connectivity index (χ3n) is 12.9. The summed E-state index contributed by atoms with van der Waals surface area (Å²) in [6, 6.07) is 54.5. The number of fused-ring (bicyclic) bond motifs is 4. The molecule has 0 amide bonds. The number of para-hydroxylation sites is 4. The Morgan fingerprint density at radius 2 is 1.07 bits per heavy atom. The number of nitriles is 1. The molecule has 0 aliphatic carbocycles. The summed E-state index contributed by atoms with van der Waals surface area (Å²) in [7, 11) is -1.78. The van der Waals surface area contributed by atoms with Crippen LogP contribution in [0.15, 0.2) is 180 Å². The zero-order valence-electron chi connectivity index (χ0n) is 39.2. The Balaban J connectivity index is 1.24. The van der Waals surface area contributed by atoms with E-state index in [0.29, 0.717) is 34.1 Å². The van der Waals surface area contributed by atoms with Crippen LogP contribution in [0, 0.1) is 11.3 Å². The molecule has 0 spiro atoms. The third kappa shape index (κ3) is 8.46. The molecular formula is C56H53N4O9P. The molecule has 3 aliphatic heterocycles. The van der Waals surface area contributed by atoms with Gasteiger partial charge in [0, 0.05) is 46.6 Å². The first-order valence-corrected chi connectivity index (χ1v) is 24.7. The second-order valence-electron chi connectivity index (χ2n) is 17.9. The van der Waals surface area contributed by atoms with Crippen molar-refractivity contribution in [3.63, 3.8) is 0 Å². The fraction of sp³-hybridized carbons (Fsp3) is 0.268. The van der Waals surface area contributed by atoms with Crippen LogP contribution in [0.4, 0.5) is 0 Å². The maximum Gasteiger partial charge on any atom is 0.330 e. The van der Waals surface area contributed by atoms with Gasteiger partial charge in [0.2, 0.25) is 0 Å². The van der Waals surface area contributed by atoms with Crippen LogP contribution in [0.25, 0.3) is 0 Å². The summed E-state index contributed by atoms with van der Waals surface area (Å²) in [6.07, 6.45) is -2.89. The standard InChI is InChI=1S/C56H53N4O9P/c1-37(2)60(38(3)4)70(63-35-19-33-57)64-36-49-51(68-55(39-20-7-5-8-21-39)41-24-11-15-28-45(41)65-46-29-16-12-25-42(46)55)52(53(67-49)59-34-32-50(61)58-54(59)62)69-56(40-22-9-6-10-23-40)43-26-13-17-30-47(43)66-48-31-18-14-27-44(48)56/h5-18,20-32,34,37-38,49,51-53H,19,35-36H2,1-4H3,(H,58,61,62)/t49-,51-,52-,53-,70?/m1/s1. The Bertz CT molecular complexity index is 3020. The average Bonchev–Trinajstić information content (AvgIpc) is 3.70. The SMILES string of the molecule is CC(C)N(C(C)C)P(OCCC#N)OC[C@H]1O[C@@H](n2ccc(=O)[nH]c2=O)[C@H](OC2(c3ccccc3)c3ccccc3Oc3ccccc32)[C@@H]1OC1(c2ccccc2)c2ccccc2Oc2ccccc21. The second-order valence-corrected chi connectivity index (χ2v) is 19.3. The number of H-pyrrole nitrogens is 1. The minimum Gasteiger partial charge on any atom is -0.457 e. The van der Waals surface area contributed by atoms with Crippen LogP contribution in [-0.4, -0.2) is 57.8 Å². The minimum absolute atomic E-state index is 0.00395. The highest BCUT2D eigenvalue weighted by molar-refractivity contribution is 7.44. The molecule has 1 unspecified atom stereocenters. The number of hydrogen-bond donors (Lipinski definition) is 1. The van der Waals surface area contributed by atoms with E-state index in [-0.39, 0.29) is 31.7 Å². The van der Waals surface area contributed by atoms with Crippen molar-refractivity contribution in [2.45, 2.75) is 81.9 Å². The van der Waals surface area contributed by atoms with E-state index in [1.807, 2.05) is 158 Å². The van der Waals surface area contributed by atoms with Crippen LogP contribution < -0.4 is 20.7 Å². The summed E-state index contributed by atoms with van der Waals surface area (Å²) in [4.78, 5) is 29.6. The van der Waals surface area contributed by atoms with Crippen molar-refractivity contribution in [2.75, 3.05) is 13.2 Å². The fourth-order valence-corrected chi connectivity index (χ4v) is 11.7. The molecule has 0 saturated carbocycles. The van der Waals surface area contributed by atoms with E-state index >= 15 is 0 Å². The number of aromatic nitrogens is 2. The van der Waals surface area contributed by atoms with Gasteiger partial charge in [-0.2, -0.15) is 5.26 Å². The molecule has 10 rings (SSSR count). The molecule has 4 heterocycles. The van der Waals surface area contributed by atoms with E-state index in [1.165, 1.54) is 16.8 Å². The Labute approximate surface area is 407 Å². The normalized spacial score (nSPS) is 19.8. The lowest BCUT2D eigenvalue weighted by molar-refractivity contribution is -0.158. The first-order valence-electron chi connectivity index (χ1n) is 23.5. The van der Waals surface area contributed by atoms with Crippen molar-refractivity contribution in [2.24, 2.45) is 0 Å². The Morgan fingerprint density at radius 3 is 1.51 bits per heavy atom. The van der Waals surface area contributed by atoms with E-state index in [4.69, 9.17) is 32.7 Å². The smallest absolute Gasteiger partial charge is 0.330 e. The number of nitrogens with one attached hydrogen (secondary N) is 1. The van der Waals surface area contributed by atoms with Gasteiger partial charge in [0.25, 0.3) is 14.1 Å². The van der Waals surface area contributed by atoms with E-state index in [2.05, 4.69) is 43.4 Å². The molecule has 0 radical (unpaired) electrons. The zero-order valence-corrected chi connectivity index (χ0v) is 40.1. The van der Waals surface area contributed by atoms with Crippen molar-refractivity contribution in [1.82, 2.24) is 14.2 Å². The topological polar surface area (TPSA) is 146 Å². The molecule has 356 valence electrons. The zero-order chi connectivity index (χ0) is 48.4. The van der Waals surface area contributed by atoms with Gasteiger partial charge in [0.15, 0.2) is 17.4 Å². The highest BCUT2D eigenvalue weighted by Crippen LogP contribution is 2.58. The predicted molar refractivity (Wildman–Crippen MR) is 265 cm³/mol. The number of rotatable bonds is 16. The van der Waals surface area contributed by atoms with E-state index in [1.54, 1.807) is 0 Å². The maximum atomic E-state index is 14.3. The van der Waals surface area contributed by atoms with Crippen LogP contribution in [0.3, 0.4) is 0 Å². The summed E-state index contributed by atoms with van der Waals surface area (Å²) in [6.45, 7) is 8.33. The van der Waals surface area contributed by atoms with Crippen LogP contribution in [0.1, 0.15) is 73.7 Å². The third-order valence-corrected chi connectivity index (χ3v) is 15.0. The average molecular weight is 957 g/mol. The summed E-state index contributed by atoms with van der Waals surface area (Å²) in [5.41, 5.74) is 0.397. The molecule has 0 bridgehead atoms. The highest BCUT2D eigenvalue weighted by atomic mass is 31.2. The number of hydrogen-bond acceptors (Lipinski definition) is 11. The molecule has 1 N–H and O–H groups in total. The van der Waals surface area contributed by atoms with Crippen molar-refractivity contribution < 1.29 is 32.7 Å². The molecule has 7 aromatic rings. The number of benzene rings is 6. The molecule has 14 heteroatoms. The molecular weight excluding hydrogens is 904 g/mol. The van der Waals surface area contributed by atoms with Crippen molar-refractivity contribution in [3.8, 4) is 29.1 Å². The van der Waals surface area contributed by atoms with Gasteiger partial charge >= 0.3 is 5.69 Å². The van der Waals surface area contributed by atoms with Gasteiger partial charge in [-0.1, -0.05) is 133 Å². The number of ether oxygens (including phenoxy) is 5. The van der Waals surface area contributed by atoms with Crippen LogP contribution in [0.5, 0.6) is 23.0 Å². The monoisotopic (exact) mass is 956 g/mol. The van der Waals surface area contributed by atoms with Crippen molar-refractivity contribution in [3.05, 3.63) is 224 Å². The van der Waals surface area contributed by atoms with Gasteiger partial charge in [-0.05, 0) is 63.1 Å². The van der Waals surface area contributed by atoms with E-state index in [0.717, 1.165) is 22.3 Å². The summed E-state index contributed by atoms with van der Waals surface area (Å²) >= 11 is 0. The molecule has 5 atom stereocenters. The molecule has 1 saturated heterocycles. The summed E-state index contributed by atoms with van der Waals surface area (Å²) in [5, 5.41) is 9.56. The van der Waals surface area contributed by atoms with Crippen LogP contribution >= 0.6 is 8.53 Å². The number of nitrogens with zero attached hydrogens (tertiary/aromatic N) is 3. The van der Waals surface area contributed by atoms with Crippen molar-refractivity contribution >= 4 is 8.53 Å². The Kier molecular flexibility index (Phi) is 13.4. The number of aromatic amines is 1. The molecule has 3 aliphatic rings. The highest BCUT2D eigenvalue weighted by Gasteiger charge is 2.58. The van der Waals surface area contributed by atoms with Crippen LogP contribution in [0.2, 0.25) is 0 Å². The second kappa shape index (κ2) is 19.9.